The molecule has 0 spiro atoms. The summed E-state index contributed by atoms with van der Waals surface area (Å²) in [6.45, 7) is 6.16. The van der Waals surface area contributed by atoms with Crippen LogP contribution in [0.5, 0.6) is 0 Å². The first kappa shape index (κ1) is 12.3. The van der Waals surface area contributed by atoms with Crippen LogP contribution in [-0.4, -0.2) is 63.5 Å². The van der Waals surface area contributed by atoms with Gasteiger partial charge < -0.3 is 14.8 Å². The Hall–Kier alpha value is -0.160. The van der Waals surface area contributed by atoms with Crippen LogP contribution in [0.2, 0.25) is 0 Å². The zero-order chi connectivity index (χ0) is 11.2. The van der Waals surface area contributed by atoms with Crippen LogP contribution in [0.4, 0.5) is 0 Å². The number of nitrogens with zero attached hydrogens (tertiary/aromatic N) is 1. The van der Waals surface area contributed by atoms with Gasteiger partial charge in [-0.15, -0.1) is 0 Å². The Kier molecular flexibility index (Phi) is 5.03. The minimum atomic E-state index is 0.435. The molecule has 1 aliphatic carbocycles. The largest absolute Gasteiger partial charge is 0.380 e. The topological polar surface area (TPSA) is 33.7 Å². The predicted octanol–water partition coefficient (Wildman–Crippen LogP) is 0.476. The lowest BCUT2D eigenvalue weighted by Gasteiger charge is -2.28. The number of morpholine rings is 1. The molecule has 2 fully saturated rings. The molecular formula is C12H24N2O2. The van der Waals surface area contributed by atoms with Gasteiger partial charge in [-0.2, -0.15) is 0 Å². The van der Waals surface area contributed by atoms with Crippen LogP contribution < -0.4 is 5.32 Å². The highest BCUT2D eigenvalue weighted by atomic mass is 16.5. The molecule has 0 aromatic carbocycles. The van der Waals surface area contributed by atoms with E-state index in [4.69, 9.17) is 9.47 Å². The van der Waals surface area contributed by atoms with Gasteiger partial charge in [0.15, 0.2) is 0 Å². The molecule has 4 nitrogen and oxygen atoms in total. The summed E-state index contributed by atoms with van der Waals surface area (Å²) in [7, 11) is 1.83. The Morgan fingerprint density at radius 2 is 2.12 bits per heavy atom. The first-order valence-electron chi connectivity index (χ1n) is 6.46. The van der Waals surface area contributed by atoms with E-state index in [2.05, 4.69) is 10.2 Å². The second kappa shape index (κ2) is 6.55. The smallest absolute Gasteiger partial charge is 0.0724 e. The van der Waals surface area contributed by atoms with E-state index in [0.29, 0.717) is 12.1 Å². The summed E-state index contributed by atoms with van der Waals surface area (Å²) in [6, 6.07) is 0.575. The SMILES string of the molecule is COC1CCCC1NCCN1CCOCC1. The van der Waals surface area contributed by atoms with Crippen molar-refractivity contribution in [1.82, 2.24) is 10.2 Å². The zero-order valence-corrected chi connectivity index (χ0v) is 10.3. The fourth-order valence-electron chi connectivity index (χ4n) is 2.67. The number of ether oxygens (including phenoxy) is 2. The lowest BCUT2D eigenvalue weighted by Crippen LogP contribution is -2.44. The molecule has 2 aliphatic rings. The van der Waals surface area contributed by atoms with Crippen molar-refractivity contribution in [1.29, 1.82) is 0 Å². The molecule has 0 aromatic heterocycles. The molecule has 16 heavy (non-hydrogen) atoms. The summed E-state index contributed by atoms with van der Waals surface area (Å²) < 4.78 is 10.8. The molecule has 2 atom stereocenters. The van der Waals surface area contributed by atoms with Gasteiger partial charge in [0.1, 0.15) is 0 Å². The summed E-state index contributed by atoms with van der Waals surface area (Å²) in [5.74, 6) is 0. The van der Waals surface area contributed by atoms with Gasteiger partial charge in [-0.25, -0.2) is 0 Å². The van der Waals surface area contributed by atoms with Crippen molar-refractivity contribution < 1.29 is 9.47 Å². The molecule has 0 aromatic rings. The van der Waals surface area contributed by atoms with Crippen LogP contribution in [0.15, 0.2) is 0 Å². The van der Waals surface area contributed by atoms with E-state index in [1.807, 2.05) is 7.11 Å². The van der Waals surface area contributed by atoms with Crippen LogP contribution in [0.3, 0.4) is 0 Å². The average Bonchev–Trinajstić information content (AvgIpc) is 2.78. The minimum Gasteiger partial charge on any atom is -0.380 e. The summed E-state index contributed by atoms with van der Waals surface area (Å²) in [4.78, 5) is 2.47. The maximum absolute atomic E-state index is 5.47. The van der Waals surface area contributed by atoms with E-state index in [1.165, 1.54) is 19.3 Å². The van der Waals surface area contributed by atoms with Gasteiger partial charge in [-0.1, -0.05) is 0 Å². The van der Waals surface area contributed by atoms with Crippen LogP contribution >= 0.6 is 0 Å². The van der Waals surface area contributed by atoms with E-state index in [9.17, 15) is 0 Å². The lowest BCUT2D eigenvalue weighted by molar-refractivity contribution is 0.0364. The summed E-state index contributed by atoms with van der Waals surface area (Å²) >= 11 is 0. The van der Waals surface area contributed by atoms with E-state index in [0.717, 1.165) is 39.4 Å². The average molecular weight is 228 g/mol. The number of nitrogens with one attached hydrogen (secondary N) is 1. The number of hydrogen-bond acceptors (Lipinski definition) is 4. The van der Waals surface area contributed by atoms with Crippen molar-refractivity contribution in [2.24, 2.45) is 0 Å². The molecule has 1 saturated carbocycles. The number of hydrogen-bond donors (Lipinski definition) is 1. The highest BCUT2D eigenvalue weighted by Crippen LogP contribution is 2.21. The van der Waals surface area contributed by atoms with Crippen molar-refractivity contribution in [2.75, 3.05) is 46.5 Å². The van der Waals surface area contributed by atoms with E-state index >= 15 is 0 Å². The Bertz CT molecular complexity index is 195. The van der Waals surface area contributed by atoms with Gasteiger partial charge in [0, 0.05) is 39.3 Å². The molecule has 2 rings (SSSR count). The highest BCUT2D eigenvalue weighted by molar-refractivity contribution is 4.84. The highest BCUT2D eigenvalue weighted by Gasteiger charge is 2.26. The Balaban J connectivity index is 1.59. The third-order valence-electron chi connectivity index (χ3n) is 3.69. The van der Waals surface area contributed by atoms with Crippen molar-refractivity contribution in [3.8, 4) is 0 Å². The first-order chi connectivity index (χ1) is 7.90. The monoisotopic (exact) mass is 228 g/mol. The van der Waals surface area contributed by atoms with E-state index in [1.54, 1.807) is 0 Å². The van der Waals surface area contributed by atoms with Crippen LogP contribution in [0, 0.1) is 0 Å². The van der Waals surface area contributed by atoms with Crippen molar-refractivity contribution >= 4 is 0 Å². The second-order valence-electron chi connectivity index (χ2n) is 4.72. The summed E-state index contributed by atoms with van der Waals surface area (Å²) in [5.41, 5.74) is 0. The van der Waals surface area contributed by atoms with Crippen molar-refractivity contribution in [3.05, 3.63) is 0 Å². The summed E-state index contributed by atoms with van der Waals surface area (Å²) in [6.07, 6.45) is 4.21. The van der Waals surface area contributed by atoms with Crippen LogP contribution in [0.1, 0.15) is 19.3 Å². The molecule has 1 aliphatic heterocycles. The molecule has 4 heteroatoms. The van der Waals surface area contributed by atoms with Gasteiger partial charge in [0.05, 0.1) is 19.3 Å². The maximum Gasteiger partial charge on any atom is 0.0724 e. The number of rotatable bonds is 5. The fraction of sp³-hybridized carbons (Fsp3) is 1.00. The standard InChI is InChI=1S/C12H24N2O2/c1-15-12-4-2-3-11(12)13-5-6-14-7-9-16-10-8-14/h11-13H,2-10H2,1H3. The van der Waals surface area contributed by atoms with E-state index < -0.39 is 0 Å². The number of methoxy groups -OCH3 is 1. The zero-order valence-electron chi connectivity index (χ0n) is 10.3. The van der Waals surface area contributed by atoms with Crippen LogP contribution in [-0.2, 0) is 9.47 Å². The predicted molar refractivity (Wildman–Crippen MR) is 63.7 cm³/mol. The molecule has 1 saturated heterocycles. The Morgan fingerprint density at radius 3 is 2.88 bits per heavy atom. The van der Waals surface area contributed by atoms with Gasteiger partial charge in [-0.3, -0.25) is 4.90 Å². The minimum absolute atomic E-state index is 0.435. The molecule has 0 radical (unpaired) electrons. The molecule has 0 amide bonds. The van der Waals surface area contributed by atoms with Gasteiger partial charge in [0.2, 0.25) is 0 Å². The third kappa shape index (κ3) is 3.42. The second-order valence-corrected chi connectivity index (χ2v) is 4.72. The fourth-order valence-corrected chi connectivity index (χ4v) is 2.67. The summed E-state index contributed by atoms with van der Waals surface area (Å²) in [5, 5.41) is 3.62. The molecular weight excluding hydrogens is 204 g/mol. The van der Waals surface area contributed by atoms with Crippen LogP contribution in [0.25, 0.3) is 0 Å². The van der Waals surface area contributed by atoms with Crippen molar-refractivity contribution in [2.45, 2.75) is 31.4 Å². The maximum atomic E-state index is 5.47. The van der Waals surface area contributed by atoms with Gasteiger partial charge in [-0.05, 0) is 19.3 Å². The molecule has 0 bridgehead atoms. The van der Waals surface area contributed by atoms with Gasteiger partial charge >= 0.3 is 0 Å². The lowest BCUT2D eigenvalue weighted by atomic mass is 10.2. The van der Waals surface area contributed by atoms with Gasteiger partial charge in [0.25, 0.3) is 0 Å². The Morgan fingerprint density at radius 1 is 1.31 bits per heavy atom. The molecule has 2 unspecified atom stereocenters. The molecule has 1 N–H and O–H groups in total. The normalized spacial score (nSPS) is 32.1. The third-order valence-corrected chi connectivity index (χ3v) is 3.69. The Labute approximate surface area is 98.3 Å². The van der Waals surface area contributed by atoms with E-state index in [-0.39, 0.29) is 0 Å². The molecule has 1 heterocycles. The molecule has 94 valence electrons. The first-order valence-corrected chi connectivity index (χ1v) is 6.46. The van der Waals surface area contributed by atoms with Crippen molar-refractivity contribution in [3.63, 3.8) is 0 Å². The quantitative estimate of drug-likeness (QED) is 0.742.